The number of fused-ring (bicyclic) bond motifs is 1. The largest absolute Gasteiger partial charge is 0.492 e. The van der Waals surface area contributed by atoms with Gasteiger partial charge in [-0.1, -0.05) is 38.1 Å². The average Bonchev–Trinajstić information content (AvgIpc) is 2.93. The van der Waals surface area contributed by atoms with Crippen molar-refractivity contribution in [3.05, 3.63) is 89.7 Å². The number of nitrogens with zero attached hydrogens (tertiary/aromatic N) is 2. The molecule has 4 aromatic rings. The number of aromatic nitrogens is 1. The summed E-state index contributed by atoms with van der Waals surface area (Å²) in [5.41, 5.74) is 2.32. The Hall–Kier alpha value is -3.88. The number of pyridine rings is 1. The predicted octanol–water partition coefficient (Wildman–Crippen LogP) is 5.01. The van der Waals surface area contributed by atoms with E-state index in [-0.39, 0.29) is 16.7 Å². The fraction of sp³-hybridized carbons (Fsp3) is 0.267. The number of ether oxygens (including phenoxy) is 2. The second kappa shape index (κ2) is 14.1. The second-order valence-corrected chi connectivity index (χ2v) is 12.9. The van der Waals surface area contributed by atoms with Crippen molar-refractivity contribution in [2.75, 3.05) is 27.2 Å². The van der Waals surface area contributed by atoms with E-state index in [0.717, 1.165) is 35.6 Å². The standard InChI is InChI=1S/C20H26N2O3.C10H8O6S2/c1-14(2)17-12-18(25-20(23)16-7-6-8-21-13-16)15(3)11-19(17)24-10-9-22(4)5;11-17(12,13)9-5-1-3-7-8(9)4-2-6-10(7)18(14,15)16/h6-8,11-14H,9-10H2,1-5H3;1-6H,(H,11,12,13)(H,14,15,16). The number of rotatable bonds is 9. The first-order valence-corrected chi connectivity index (χ1v) is 16.0. The van der Waals surface area contributed by atoms with E-state index in [2.05, 4.69) is 23.7 Å². The molecule has 0 spiro atoms. The summed E-state index contributed by atoms with van der Waals surface area (Å²) in [4.78, 5) is 17.5. The molecule has 0 saturated carbocycles. The SMILES string of the molecule is Cc1cc(OCCN(C)C)c(C(C)C)cc1OC(=O)c1cccnc1.O=S(=O)(O)c1cccc2c(S(=O)(=O)O)cccc12. The quantitative estimate of drug-likeness (QED) is 0.145. The van der Waals surface area contributed by atoms with Gasteiger partial charge in [-0.15, -0.1) is 0 Å². The van der Waals surface area contributed by atoms with Crippen molar-refractivity contribution < 1.29 is 40.2 Å². The first-order valence-electron chi connectivity index (χ1n) is 13.1. The molecule has 0 unspecified atom stereocenters. The number of likely N-dealkylation sites (N-methyl/N-ethyl adjacent to an activating group) is 1. The van der Waals surface area contributed by atoms with Crippen LogP contribution >= 0.6 is 0 Å². The van der Waals surface area contributed by atoms with E-state index in [9.17, 15) is 21.6 Å². The zero-order valence-electron chi connectivity index (χ0n) is 24.4. The first-order chi connectivity index (χ1) is 20.1. The van der Waals surface area contributed by atoms with Crippen LogP contribution < -0.4 is 9.47 Å². The van der Waals surface area contributed by atoms with E-state index in [1.54, 1.807) is 18.3 Å². The molecule has 0 aliphatic carbocycles. The molecule has 0 bridgehead atoms. The Balaban J connectivity index is 0.000000248. The molecule has 1 aromatic heterocycles. The van der Waals surface area contributed by atoms with Crippen molar-refractivity contribution in [1.29, 1.82) is 0 Å². The van der Waals surface area contributed by atoms with Crippen molar-refractivity contribution in [3.63, 3.8) is 0 Å². The third-order valence-corrected chi connectivity index (χ3v) is 8.05. The number of hydrogen-bond acceptors (Lipinski definition) is 9. The Kier molecular flexibility index (Phi) is 11.0. The van der Waals surface area contributed by atoms with Crippen LogP contribution in [0.4, 0.5) is 0 Å². The summed E-state index contributed by atoms with van der Waals surface area (Å²) in [7, 11) is -4.91. The molecule has 1 heterocycles. The molecule has 11 nitrogen and oxygen atoms in total. The molecular weight excluding hydrogens is 596 g/mol. The van der Waals surface area contributed by atoms with Gasteiger partial charge in [0.1, 0.15) is 27.9 Å². The molecule has 0 radical (unpaired) electrons. The summed E-state index contributed by atoms with van der Waals surface area (Å²) in [6, 6.07) is 14.8. The fourth-order valence-corrected chi connectivity index (χ4v) is 5.46. The first kappa shape index (κ1) is 33.6. The number of benzene rings is 3. The van der Waals surface area contributed by atoms with Crippen molar-refractivity contribution in [1.82, 2.24) is 9.88 Å². The highest BCUT2D eigenvalue weighted by atomic mass is 32.2. The Morgan fingerprint density at radius 2 is 1.47 bits per heavy atom. The smallest absolute Gasteiger partial charge is 0.345 e. The topological polar surface area (TPSA) is 160 Å². The van der Waals surface area contributed by atoms with E-state index in [1.807, 2.05) is 33.2 Å². The Labute approximate surface area is 251 Å². The summed E-state index contributed by atoms with van der Waals surface area (Å²) >= 11 is 0. The van der Waals surface area contributed by atoms with Crippen molar-refractivity contribution in [2.45, 2.75) is 36.5 Å². The molecule has 0 aliphatic heterocycles. The fourth-order valence-electron chi connectivity index (χ4n) is 4.05. The Morgan fingerprint density at radius 3 is 1.93 bits per heavy atom. The summed E-state index contributed by atoms with van der Waals surface area (Å²) < 4.78 is 74.2. The van der Waals surface area contributed by atoms with Crippen LogP contribution in [-0.2, 0) is 20.2 Å². The molecule has 2 N–H and O–H groups in total. The minimum atomic E-state index is -4.47. The van der Waals surface area contributed by atoms with Gasteiger partial charge >= 0.3 is 5.97 Å². The molecule has 0 atom stereocenters. The highest BCUT2D eigenvalue weighted by Crippen LogP contribution is 2.34. The van der Waals surface area contributed by atoms with Crippen LogP contribution in [0.15, 0.2) is 82.8 Å². The van der Waals surface area contributed by atoms with Crippen LogP contribution in [0.5, 0.6) is 11.5 Å². The summed E-state index contributed by atoms with van der Waals surface area (Å²) in [5.74, 6) is 1.24. The third-order valence-electron chi connectivity index (χ3n) is 6.22. The maximum absolute atomic E-state index is 12.3. The number of aryl methyl sites for hydroxylation is 1. The lowest BCUT2D eigenvalue weighted by atomic mass is 9.99. The normalized spacial score (nSPS) is 11.7. The van der Waals surface area contributed by atoms with Gasteiger partial charge in [0.25, 0.3) is 20.2 Å². The van der Waals surface area contributed by atoms with Crippen LogP contribution in [-0.4, -0.2) is 69.0 Å². The predicted molar refractivity (Wildman–Crippen MR) is 162 cm³/mol. The molecule has 4 rings (SSSR count). The number of carbonyl (C=O) groups is 1. The van der Waals surface area contributed by atoms with Gasteiger partial charge in [0.2, 0.25) is 0 Å². The van der Waals surface area contributed by atoms with Crippen molar-refractivity contribution in [3.8, 4) is 11.5 Å². The molecule has 0 saturated heterocycles. The molecular formula is C30H34N2O9S2. The highest BCUT2D eigenvalue weighted by molar-refractivity contribution is 7.86. The highest BCUT2D eigenvalue weighted by Gasteiger charge is 2.19. The van der Waals surface area contributed by atoms with Crippen LogP contribution in [0.2, 0.25) is 0 Å². The molecule has 230 valence electrons. The Morgan fingerprint density at radius 1 is 0.884 bits per heavy atom. The minimum Gasteiger partial charge on any atom is -0.492 e. The molecule has 0 fully saturated rings. The lowest BCUT2D eigenvalue weighted by Gasteiger charge is -2.18. The molecule has 3 aromatic carbocycles. The molecule has 13 heteroatoms. The lowest BCUT2D eigenvalue weighted by molar-refractivity contribution is 0.0732. The van der Waals surface area contributed by atoms with Crippen LogP contribution in [0.1, 0.15) is 41.3 Å². The summed E-state index contributed by atoms with van der Waals surface area (Å²) in [6.07, 6.45) is 3.12. The van der Waals surface area contributed by atoms with Gasteiger partial charge in [0.15, 0.2) is 0 Å². The van der Waals surface area contributed by atoms with Crippen molar-refractivity contribution in [2.24, 2.45) is 0 Å². The van der Waals surface area contributed by atoms with Gasteiger partial charge in [-0.05, 0) is 68.9 Å². The number of esters is 1. The second-order valence-electron chi connectivity index (χ2n) is 10.2. The van der Waals surface area contributed by atoms with Crippen LogP contribution in [0.3, 0.4) is 0 Å². The number of carbonyl (C=O) groups excluding carboxylic acids is 1. The minimum absolute atomic E-state index is 0.0233. The zero-order valence-corrected chi connectivity index (χ0v) is 26.0. The summed E-state index contributed by atoms with van der Waals surface area (Å²) in [5, 5.41) is 0.0465. The maximum atomic E-state index is 12.3. The van der Waals surface area contributed by atoms with Gasteiger partial charge < -0.3 is 14.4 Å². The molecule has 43 heavy (non-hydrogen) atoms. The van der Waals surface area contributed by atoms with E-state index >= 15 is 0 Å². The van der Waals surface area contributed by atoms with E-state index in [1.165, 1.54) is 30.5 Å². The zero-order chi connectivity index (χ0) is 31.9. The Bertz CT molecular complexity index is 1740. The van der Waals surface area contributed by atoms with Gasteiger partial charge in [-0.3, -0.25) is 14.1 Å². The van der Waals surface area contributed by atoms with E-state index in [0.29, 0.717) is 17.9 Å². The molecule has 0 aliphatic rings. The summed E-state index contributed by atoms with van der Waals surface area (Å²) in [6.45, 7) is 7.55. The van der Waals surface area contributed by atoms with Gasteiger partial charge in [0.05, 0.1) is 5.56 Å². The van der Waals surface area contributed by atoms with E-state index in [4.69, 9.17) is 18.6 Å². The van der Waals surface area contributed by atoms with Gasteiger partial charge in [-0.25, -0.2) is 4.79 Å². The maximum Gasteiger partial charge on any atom is 0.345 e. The van der Waals surface area contributed by atoms with Crippen LogP contribution in [0.25, 0.3) is 10.8 Å². The van der Waals surface area contributed by atoms with Gasteiger partial charge in [-0.2, -0.15) is 16.8 Å². The van der Waals surface area contributed by atoms with Gasteiger partial charge in [0, 0.05) is 35.3 Å². The van der Waals surface area contributed by atoms with Crippen molar-refractivity contribution >= 4 is 37.0 Å². The molecule has 0 amide bonds. The average molecular weight is 631 g/mol. The number of hydrogen-bond donors (Lipinski definition) is 2. The lowest BCUT2D eigenvalue weighted by Crippen LogP contribution is -2.20. The monoisotopic (exact) mass is 630 g/mol. The third kappa shape index (κ3) is 9.05. The van der Waals surface area contributed by atoms with Crippen LogP contribution in [0, 0.1) is 6.92 Å². The van der Waals surface area contributed by atoms with E-state index < -0.39 is 36.0 Å².